The van der Waals surface area contributed by atoms with Gasteiger partial charge in [-0.3, -0.25) is 19.4 Å². The van der Waals surface area contributed by atoms with Crippen LogP contribution in [0.15, 0.2) is 36.7 Å². The minimum atomic E-state index is -1.16. The predicted molar refractivity (Wildman–Crippen MR) is 149 cm³/mol. The fraction of sp³-hybridized carbons (Fsp3) is 0.310. The highest BCUT2D eigenvalue weighted by molar-refractivity contribution is 6.33. The van der Waals surface area contributed by atoms with Crippen molar-refractivity contribution < 1.29 is 32.3 Å². The molecule has 1 aliphatic heterocycles. The summed E-state index contributed by atoms with van der Waals surface area (Å²) in [5.74, 6) is -4.26. The minimum Gasteiger partial charge on any atom is -0.460 e. The quantitative estimate of drug-likeness (QED) is 0.227. The first kappa shape index (κ1) is 30.0. The summed E-state index contributed by atoms with van der Waals surface area (Å²) < 4.78 is 50.5. The SMILES string of the molecule is CC(C)(C)OC(=O)CC[C@@H](C(N)=O)N1Cc2c(ccc(Cn3ncc4c(-c5ncc(F)cc5Cl)cc(F)nc43)c2F)C1=O. The number of carbonyl (C=O) groups is 3. The summed E-state index contributed by atoms with van der Waals surface area (Å²) in [6.45, 7) is 4.67. The lowest BCUT2D eigenvalue weighted by molar-refractivity contribution is -0.155. The van der Waals surface area contributed by atoms with Crippen molar-refractivity contribution in [2.75, 3.05) is 0 Å². The highest BCUT2D eigenvalue weighted by Gasteiger charge is 2.38. The van der Waals surface area contributed by atoms with E-state index in [2.05, 4.69) is 15.1 Å². The van der Waals surface area contributed by atoms with Crippen LogP contribution in [0.2, 0.25) is 5.02 Å². The molecule has 5 rings (SSSR count). The second kappa shape index (κ2) is 11.3. The average Bonchev–Trinajstić information content (AvgIpc) is 3.45. The van der Waals surface area contributed by atoms with Gasteiger partial charge in [-0.15, -0.1) is 0 Å². The molecule has 43 heavy (non-hydrogen) atoms. The van der Waals surface area contributed by atoms with Crippen molar-refractivity contribution in [1.82, 2.24) is 24.6 Å². The lowest BCUT2D eigenvalue weighted by Crippen LogP contribution is -2.45. The number of primary amides is 1. The first-order chi connectivity index (χ1) is 20.2. The first-order valence-electron chi connectivity index (χ1n) is 13.2. The number of nitrogens with two attached hydrogens (primary N) is 1. The average molecular weight is 615 g/mol. The number of nitrogens with zero attached hydrogens (tertiary/aromatic N) is 5. The fourth-order valence-electron chi connectivity index (χ4n) is 5.00. The monoisotopic (exact) mass is 614 g/mol. The van der Waals surface area contributed by atoms with Gasteiger partial charge in [0.1, 0.15) is 23.3 Å². The van der Waals surface area contributed by atoms with Gasteiger partial charge in [-0.2, -0.15) is 14.5 Å². The molecular weight excluding hydrogens is 589 g/mol. The van der Waals surface area contributed by atoms with Crippen LogP contribution in [-0.4, -0.2) is 54.1 Å². The second-order valence-corrected chi connectivity index (χ2v) is 11.5. The molecule has 2 N–H and O–H groups in total. The zero-order chi connectivity index (χ0) is 31.2. The Hall–Kier alpha value is -4.52. The Kier molecular flexibility index (Phi) is 7.86. The maximum absolute atomic E-state index is 15.8. The van der Waals surface area contributed by atoms with Gasteiger partial charge in [0.05, 0.1) is 36.2 Å². The van der Waals surface area contributed by atoms with Gasteiger partial charge in [-0.25, -0.2) is 13.5 Å². The number of aromatic nitrogens is 4. The van der Waals surface area contributed by atoms with E-state index in [0.29, 0.717) is 5.39 Å². The van der Waals surface area contributed by atoms with E-state index in [4.69, 9.17) is 22.1 Å². The van der Waals surface area contributed by atoms with E-state index in [1.54, 1.807) is 20.8 Å². The van der Waals surface area contributed by atoms with E-state index in [0.717, 1.165) is 23.2 Å². The zero-order valence-electron chi connectivity index (χ0n) is 23.3. The number of carbonyl (C=O) groups excluding carboxylic acids is 3. The maximum atomic E-state index is 15.8. The molecule has 0 saturated carbocycles. The number of hydrogen-bond acceptors (Lipinski definition) is 7. The Morgan fingerprint density at radius 2 is 1.88 bits per heavy atom. The van der Waals surface area contributed by atoms with Crippen molar-refractivity contribution in [3.05, 3.63) is 76.0 Å². The molecule has 1 atom stereocenters. The van der Waals surface area contributed by atoms with Crippen LogP contribution in [0, 0.1) is 17.6 Å². The molecule has 3 aromatic heterocycles. The molecule has 0 unspecified atom stereocenters. The number of amides is 2. The van der Waals surface area contributed by atoms with Crippen molar-refractivity contribution in [2.24, 2.45) is 5.73 Å². The highest BCUT2D eigenvalue weighted by atomic mass is 35.5. The van der Waals surface area contributed by atoms with E-state index in [-0.39, 0.29) is 64.5 Å². The third-order valence-corrected chi connectivity index (χ3v) is 7.14. The summed E-state index contributed by atoms with van der Waals surface area (Å²) in [6.07, 6.45) is 2.07. The van der Waals surface area contributed by atoms with Gasteiger partial charge in [0.25, 0.3) is 5.91 Å². The van der Waals surface area contributed by atoms with Crippen molar-refractivity contribution in [2.45, 2.75) is 58.3 Å². The van der Waals surface area contributed by atoms with E-state index in [1.165, 1.54) is 23.0 Å². The van der Waals surface area contributed by atoms with Gasteiger partial charge < -0.3 is 15.4 Å². The number of hydrogen-bond donors (Lipinski definition) is 1. The molecule has 4 aromatic rings. The van der Waals surface area contributed by atoms with Gasteiger partial charge in [-0.05, 0) is 39.3 Å². The molecule has 0 spiro atoms. The number of halogens is 4. The Balaban J connectivity index is 1.41. The van der Waals surface area contributed by atoms with Crippen LogP contribution in [0.25, 0.3) is 22.3 Å². The molecule has 1 aliphatic rings. The van der Waals surface area contributed by atoms with Gasteiger partial charge >= 0.3 is 5.97 Å². The summed E-state index contributed by atoms with van der Waals surface area (Å²) in [5, 5.41) is 4.54. The maximum Gasteiger partial charge on any atom is 0.306 e. The smallest absolute Gasteiger partial charge is 0.306 e. The lowest BCUT2D eigenvalue weighted by Gasteiger charge is -2.25. The molecule has 0 aliphatic carbocycles. The van der Waals surface area contributed by atoms with E-state index >= 15 is 4.39 Å². The van der Waals surface area contributed by atoms with Gasteiger partial charge in [0.15, 0.2) is 5.65 Å². The summed E-state index contributed by atoms with van der Waals surface area (Å²) >= 11 is 6.15. The van der Waals surface area contributed by atoms with Gasteiger partial charge in [0, 0.05) is 40.1 Å². The lowest BCUT2D eigenvalue weighted by atomic mass is 10.0. The molecule has 0 bridgehead atoms. The number of ether oxygens (including phenoxy) is 1. The van der Waals surface area contributed by atoms with Crippen LogP contribution in [0.5, 0.6) is 0 Å². The minimum absolute atomic E-state index is 0.0427. The molecule has 2 amide bonds. The topological polar surface area (TPSA) is 133 Å². The summed E-state index contributed by atoms with van der Waals surface area (Å²) in [5.41, 5.74) is 5.45. The van der Waals surface area contributed by atoms with Gasteiger partial charge in [0.2, 0.25) is 11.9 Å². The Bertz CT molecular complexity index is 1790. The second-order valence-electron chi connectivity index (χ2n) is 11.1. The van der Waals surface area contributed by atoms with Crippen LogP contribution in [-0.2, 0) is 27.4 Å². The number of esters is 1. The molecule has 0 fully saturated rings. The third-order valence-electron chi connectivity index (χ3n) is 6.85. The normalized spacial score (nSPS) is 13.8. The standard InChI is InChI=1S/C29H26ClF3N6O4/c1-29(2,3)43-23(40)7-6-21(26(34)41)38-13-19-16(28(38)42)5-4-14(24(19)33)12-39-27-18(11-36-39)17(9-22(32)37-27)25-20(30)8-15(31)10-35-25/h4-5,8-11,21H,6-7,12-13H2,1-3H3,(H2,34,41)/t21-/m0/s1. The van der Waals surface area contributed by atoms with Crippen LogP contribution in [0.4, 0.5) is 13.2 Å². The van der Waals surface area contributed by atoms with Crippen molar-refractivity contribution in [1.29, 1.82) is 0 Å². The number of fused-ring (bicyclic) bond motifs is 2. The first-order valence-corrected chi connectivity index (χ1v) is 13.6. The molecule has 0 radical (unpaired) electrons. The number of benzene rings is 1. The van der Waals surface area contributed by atoms with E-state index in [9.17, 15) is 23.2 Å². The van der Waals surface area contributed by atoms with Crippen LogP contribution in [0.3, 0.4) is 0 Å². The summed E-state index contributed by atoms with van der Waals surface area (Å²) in [6, 6.07) is 3.79. The van der Waals surface area contributed by atoms with Crippen LogP contribution >= 0.6 is 11.6 Å². The highest BCUT2D eigenvalue weighted by Crippen LogP contribution is 2.34. The molecule has 4 heterocycles. The molecule has 1 aromatic carbocycles. The summed E-state index contributed by atoms with van der Waals surface area (Å²) in [7, 11) is 0. The Morgan fingerprint density at radius 1 is 1.14 bits per heavy atom. The number of rotatable bonds is 8. The Labute approximate surface area is 248 Å². The fourth-order valence-corrected chi connectivity index (χ4v) is 5.25. The van der Waals surface area contributed by atoms with Crippen molar-refractivity contribution in [3.8, 4) is 11.3 Å². The molecule has 10 nitrogen and oxygen atoms in total. The van der Waals surface area contributed by atoms with Crippen molar-refractivity contribution >= 4 is 40.4 Å². The third kappa shape index (κ3) is 6.03. The predicted octanol–water partition coefficient (Wildman–Crippen LogP) is 4.54. The van der Waals surface area contributed by atoms with Crippen LogP contribution in [0.1, 0.15) is 55.1 Å². The molecule has 224 valence electrons. The van der Waals surface area contributed by atoms with Gasteiger partial charge in [-0.1, -0.05) is 17.7 Å². The Morgan fingerprint density at radius 3 is 2.56 bits per heavy atom. The van der Waals surface area contributed by atoms with E-state index < -0.39 is 47.0 Å². The summed E-state index contributed by atoms with van der Waals surface area (Å²) in [4.78, 5) is 46.6. The molecule has 0 saturated heterocycles. The zero-order valence-corrected chi connectivity index (χ0v) is 24.1. The largest absolute Gasteiger partial charge is 0.460 e. The van der Waals surface area contributed by atoms with E-state index in [1.807, 2.05) is 0 Å². The van der Waals surface area contributed by atoms with Crippen LogP contribution < -0.4 is 5.73 Å². The molecular formula is C29H26ClF3N6O4. The molecule has 14 heteroatoms. The van der Waals surface area contributed by atoms with Crippen molar-refractivity contribution in [3.63, 3.8) is 0 Å². The number of pyridine rings is 2.